The summed E-state index contributed by atoms with van der Waals surface area (Å²) in [5, 5.41) is 13.8. The van der Waals surface area contributed by atoms with Crippen LogP contribution in [0.25, 0.3) is 10.9 Å². The second-order valence-electron chi connectivity index (χ2n) is 6.69. The minimum Gasteiger partial charge on any atom is -0.506 e. The number of carbonyl (C=O) groups is 1. The van der Waals surface area contributed by atoms with Gasteiger partial charge in [-0.05, 0) is 48.2 Å². The normalized spacial score (nSPS) is 15.3. The third-order valence-electron chi connectivity index (χ3n) is 5.15. The number of carbonyl (C=O) groups excluding carboxylic acids is 1. The van der Waals surface area contributed by atoms with Crippen LogP contribution in [0.4, 0.5) is 0 Å². The van der Waals surface area contributed by atoms with Crippen LogP contribution in [0.3, 0.4) is 0 Å². The van der Waals surface area contributed by atoms with E-state index in [4.69, 9.17) is 9.47 Å². The van der Waals surface area contributed by atoms with Gasteiger partial charge < -0.3 is 24.9 Å². The number of pyridine rings is 1. The number of benzene rings is 2. The molecule has 0 radical (unpaired) electrons. The summed E-state index contributed by atoms with van der Waals surface area (Å²) in [6.07, 6.45) is 1.45. The molecule has 28 heavy (non-hydrogen) atoms. The van der Waals surface area contributed by atoms with Crippen molar-refractivity contribution < 1.29 is 19.4 Å². The lowest BCUT2D eigenvalue weighted by atomic mass is 10.1. The highest BCUT2D eigenvalue weighted by Gasteiger charge is 2.28. The van der Waals surface area contributed by atoms with Gasteiger partial charge in [0.25, 0.3) is 11.5 Å². The van der Waals surface area contributed by atoms with Crippen LogP contribution in [-0.4, -0.2) is 30.2 Å². The third-order valence-corrected chi connectivity index (χ3v) is 5.15. The van der Waals surface area contributed by atoms with Gasteiger partial charge in [0.15, 0.2) is 11.5 Å². The highest BCUT2D eigenvalue weighted by atomic mass is 16.5. The number of aromatic nitrogens is 1. The summed E-state index contributed by atoms with van der Waals surface area (Å²) in [5.74, 6) is 0.283. The van der Waals surface area contributed by atoms with Gasteiger partial charge in [-0.15, -0.1) is 0 Å². The zero-order valence-corrected chi connectivity index (χ0v) is 15.5. The van der Waals surface area contributed by atoms with Gasteiger partial charge in [-0.2, -0.15) is 0 Å². The number of para-hydroxylation sites is 1. The summed E-state index contributed by atoms with van der Waals surface area (Å²) in [6.45, 7) is 0. The molecule has 3 N–H and O–H groups in total. The zero-order chi connectivity index (χ0) is 19.8. The molecule has 1 heterocycles. The third kappa shape index (κ3) is 2.85. The van der Waals surface area contributed by atoms with Gasteiger partial charge in [0.2, 0.25) is 0 Å². The summed E-state index contributed by atoms with van der Waals surface area (Å²) < 4.78 is 10.7. The number of fused-ring (bicyclic) bond motifs is 2. The van der Waals surface area contributed by atoms with E-state index in [1.165, 1.54) is 0 Å². The molecule has 7 nitrogen and oxygen atoms in total. The number of hydrogen-bond donors (Lipinski definition) is 3. The van der Waals surface area contributed by atoms with Crippen LogP contribution in [0.15, 0.2) is 41.2 Å². The maximum atomic E-state index is 12.8. The summed E-state index contributed by atoms with van der Waals surface area (Å²) in [4.78, 5) is 27.9. The average Bonchev–Trinajstić information content (AvgIpc) is 3.08. The fourth-order valence-corrected chi connectivity index (χ4v) is 3.75. The quantitative estimate of drug-likeness (QED) is 0.646. The largest absolute Gasteiger partial charge is 0.506 e. The molecule has 1 aliphatic rings. The Balaban J connectivity index is 1.68. The zero-order valence-electron chi connectivity index (χ0n) is 15.5. The first kappa shape index (κ1) is 17.9. The first-order valence-corrected chi connectivity index (χ1v) is 8.93. The van der Waals surface area contributed by atoms with E-state index in [9.17, 15) is 14.7 Å². The number of H-pyrrole nitrogens is 1. The van der Waals surface area contributed by atoms with E-state index < -0.39 is 11.5 Å². The fourth-order valence-electron chi connectivity index (χ4n) is 3.75. The van der Waals surface area contributed by atoms with Crippen molar-refractivity contribution in [1.29, 1.82) is 0 Å². The number of aryl methyl sites for hydroxylation is 1. The highest BCUT2D eigenvalue weighted by molar-refractivity contribution is 6.02. The van der Waals surface area contributed by atoms with Crippen molar-refractivity contribution >= 4 is 16.8 Å². The summed E-state index contributed by atoms with van der Waals surface area (Å²) in [5.41, 5.74) is 1.54. The lowest BCUT2D eigenvalue weighted by Gasteiger charge is -2.16. The Labute approximate surface area is 160 Å². The Morgan fingerprint density at radius 3 is 2.64 bits per heavy atom. The Morgan fingerprint density at radius 1 is 1.18 bits per heavy atom. The summed E-state index contributed by atoms with van der Waals surface area (Å²) >= 11 is 0. The van der Waals surface area contributed by atoms with Gasteiger partial charge in [-0.25, -0.2) is 0 Å². The maximum Gasteiger partial charge on any atom is 0.265 e. The van der Waals surface area contributed by atoms with Gasteiger partial charge in [-0.1, -0.05) is 12.1 Å². The molecule has 0 saturated carbocycles. The van der Waals surface area contributed by atoms with E-state index in [0.717, 1.165) is 17.5 Å². The monoisotopic (exact) mass is 380 g/mol. The number of aromatic hydroxyl groups is 1. The van der Waals surface area contributed by atoms with Crippen LogP contribution in [0, 0.1) is 0 Å². The topological polar surface area (TPSA) is 101 Å². The second-order valence-corrected chi connectivity index (χ2v) is 6.69. The fraction of sp³-hybridized carbons (Fsp3) is 0.238. The Bertz CT molecular complexity index is 1140. The second kappa shape index (κ2) is 6.92. The molecule has 1 aromatic heterocycles. The van der Waals surface area contributed by atoms with Crippen molar-refractivity contribution in [1.82, 2.24) is 10.3 Å². The van der Waals surface area contributed by atoms with Gasteiger partial charge >= 0.3 is 0 Å². The number of rotatable bonds is 4. The molecule has 4 rings (SSSR count). The Kier molecular flexibility index (Phi) is 4.43. The van der Waals surface area contributed by atoms with E-state index in [1.54, 1.807) is 38.5 Å². The van der Waals surface area contributed by atoms with Crippen LogP contribution in [0.2, 0.25) is 0 Å². The minimum atomic E-state index is -0.626. The smallest absolute Gasteiger partial charge is 0.265 e. The molecule has 3 aromatic rings. The lowest BCUT2D eigenvalue weighted by Crippen LogP contribution is -2.32. The van der Waals surface area contributed by atoms with Gasteiger partial charge in [0.1, 0.15) is 11.3 Å². The van der Waals surface area contributed by atoms with Crippen LogP contribution < -0.4 is 20.3 Å². The summed E-state index contributed by atoms with van der Waals surface area (Å²) in [7, 11) is 3.13. The van der Waals surface area contributed by atoms with Crippen molar-refractivity contribution in [2.45, 2.75) is 18.9 Å². The van der Waals surface area contributed by atoms with E-state index >= 15 is 0 Å². The first-order chi connectivity index (χ1) is 13.5. The molecule has 1 amide bonds. The van der Waals surface area contributed by atoms with Gasteiger partial charge in [0.05, 0.1) is 25.8 Å². The molecule has 144 valence electrons. The van der Waals surface area contributed by atoms with Gasteiger partial charge in [0, 0.05) is 5.39 Å². The van der Waals surface area contributed by atoms with Crippen LogP contribution in [-0.2, 0) is 6.42 Å². The van der Waals surface area contributed by atoms with Crippen molar-refractivity contribution in [3.63, 3.8) is 0 Å². The molecule has 1 aliphatic carbocycles. The molecular weight excluding hydrogens is 360 g/mol. The lowest BCUT2D eigenvalue weighted by molar-refractivity contribution is 0.0932. The number of nitrogens with one attached hydrogen (secondary N) is 2. The Hall–Kier alpha value is -3.48. The SMILES string of the molecule is COc1cc2c(cc1OC)[C@@H](NC(=O)c1c(O)c3ccccc3[nH]c1=O)CC2. The number of hydrogen-bond acceptors (Lipinski definition) is 5. The maximum absolute atomic E-state index is 12.8. The number of amides is 1. The molecule has 0 bridgehead atoms. The van der Waals surface area contributed by atoms with Gasteiger partial charge in [-0.3, -0.25) is 9.59 Å². The number of aromatic amines is 1. The molecule has 0 saturated heterocycles. The van der Waals surface area contributed by atoms with Crippen molar-refractivity contribution in [3.8, 4) is 17.2 Å². The molecule has 2 aromatic carbocycles. The highest BCUT2D eigenvalue weighted by Crippen LogP contribution is 2.39. The molecule has 0 aliphatic heterocycles. The molecule has 0 unspecified atom stereocenters. The van der Waals surface area contributed by atoms with Crippen LogP contribution in [0.1, 0.15) is 33.9 Å². The van der Waals surface area contributed by atoms with Crippen molar-refractivity contribution in [2.24, 2.45) is 0 Å². The molecule has 7 heteroatoms. The molecule has 1 atom stereocenters. The van der Waals surface area contributed by atoms with Crippen molar-refractivity contribution in [3.05, 3.63) is 63.4 Å². The van der Waals surface area contributed by atoms with E-state index in [-0.39, 0.29) is 17.4 Å². The van der Waals surface area contributed by atoms with E-state index in [1.807, 2.05) is 12.1 Å². The standard InChI is InChI=1S/C21H20N2O5/c1-27-16-9-11-7-8-15(13(11)10-17(16)28-2)23-21(26)18-19(24)12-5-3-4-6-14(12)22-20(18)25/h3-6,9-10,15H,7-8H2,1-2H3,(H,23,26)(H2,22,24,25)/t15-/m0/s1. The number of methoxy groups -OCH3 is 2. The van der Waals surface area contributed by atoms with E-state index in [2.05, 4.69) is 10.3 Å². The van der Waals surface area contributed by atoms with E-state index in [0.29, 0.717) is 28.8 Å². The number of ether oxygens (including phenoxy) is 2. The average molecular weight is 380 g/mol. The first-order valence-electron chi connectivity index (χ1n) is 8.93. The van der Waals surface area contributed by atoms with Crippen LogP contribution >= 0.6 is 0 Å². The molecule has 0 spiro atoms. The van der Waals surface area contributed by atoms with Crippen LogP contribution in [0.5, 0.6) is 17.2 Å². The predicted octanol–water partition coefficient (Wildman–Crippen LogP) is 2.67. The molecule has 0 fully saturated rings. The Morgan fingerprint density at radius 2 is 1.89 bits per heavy atom. The minimum absolute atomic E-state index is 0.285. The molecular formula is C21H20N2O5. The summed E-state index contributed by atoms with van der Waals surface area (Å²) in [6, 6.07) is 10.3. The van der Waals surface area contributed by atoms with Crippen molar-refractivity contribution in [2.75, 3.05) is 14.2 Å². The predicted molar refractivity (Wildman–Crippen MR) is 104 cm³/mol.